The van der Waals surface area contributed by atoms with Crippen molar-refractivity contribution in [2.45, 2.75) is 6.54 Å². The first-order valence-corrected chi connectivity index (χ1v) is 5.25. The largest absolute Gasteiger partial charge is 0.286 e. The SMILES string of the molecule is O=C(C[n+]1ccccc1)c1cccs1. The summed E-state index contributed by atoms with van der Waals surface area (Å²) in [5, 5.41) is 1.92. The maximum absolute atomic E-state index is 11.7. The van der Waals surface area contributed by atoms with Gasteiger partial charge in [0.2, 0.25) is 12.3 Å². The molecule has 2 heterocycles. The molecule has 0 spiro atoms. The zero-order valence-electron chi connectivity index (χ0n) is 7.59. The van der Waals surface area contributed by atoms with Gasteiger partial charge in [-0.05, 0) is 11.4 Å². The predicted molar refractivity (Wildman–Crippen MR) is 55.3 cm³/mol. The van der Waals surface area contributed by atoms with Gasteiger partial charge in [0.25, 0.3) is 0 Å². The number of hydrogen-bond acceptors (Lipinski definition) is 2. The lowest BCUT2D eigenvalue weighted by Gasteiger charge is -1.93. The van der Waals surface area contributed by atoms with Gasteiger partial charge in [-0.3, -0.25) is 4.79 Å². The van der Waals surface area contributed by atoms with Crippen molar-refractivity contribution in [3.63, 3.8) is 0 Å². The summed E-state index contributed by atoms with van der Waals surface area (Å²) >= 11 is 1.49. The monoisotopic (exact) mass is 204 g/mol. The molecule has 0 saturated carbocycles. The molecule has 0 amide bonds. The molecular formula is C11H10NOS+. The van der Waals surface area contributed by atoms with E-state index in [4.69, 9.17) is 0 Å². The van der Waals surface area contributed by atoms with Crippen LogP contribution < -0.4 is 4.57 Å². The Morgan fingerprint density at radius 1 is 1.21 bits per heavy atom. The fraction of sp³-hybridized carbons (Fsp3) is 0.0909. The van der Waals surface area contributed by atoms with Crippen LogP contribution in [0.15, 0.2) is 48.1 Å². The Bertz CT molecular complexity index is 408. The van der Waals surface area contributed by atoms with E-state index in [1.807, 2.05) is 52.7 Å². The van der Waals surface area contributed by atoms with Crippen LogP contribution in [-0.4, -0.2) is 5.78 Å². The third-order valence-corrected chi connectivity index (χ3v) is 2.81. The van der Waals surface area contributed by atoms with E-state index in [2.05, 4.69) is 0 Å². The number of hydrogen-bond donors (Lipinski definition) is 0. The van der Waals surface area contributed by atoms with E-state index in [-0.39, 0.29) is 5.78 Å². The van der Waals surface area contributed by atoms with Gasteiger partial charge in [0.15, 0.2) is 12.4 Å². The molecule has 2 aromatic heterocycles. The van der Waals surface area contributed by atoms with Crippen molar-refractivity contribution in [3.05, 3.63) is 53.0 Å². The molecule has 0 aliphatic carbocycles. The van der Waals surface area contributed by atoms with Crippen molar-refractivity contribution in [3.8, 4) is 0 Å². The molecule has 14 heavy (non-hydrogen) atoms. The smallest absolute Gasteiger partial charge is 0.237 e. The van der Waals surface area contributed by atoms with Crippen LogP contribution in [0.2, 0.25) is 0 Å². The van der Waals surface area contributed by atoms with Gasteiger partial charge in [-0.15, -0.1) is 11.3 Å². The van der Waals surface area contributed by atoms with Crippen molar-refractivity contribution < 1.29 is 9.36 Å². The number of carbonyl (C=O) groups excluding carboxylic acids is 1. The van der Waals surface area contributed by atoms with Crippen molar-refractivity contribution >= 4 is 17.1 Å². The second-order valence-corrected chi connectivity index (χ2v) is 3.90. The summed E-state index contributed by atoms with van der Waals surface area (Å²) < 4.78 is 1.88. The molecule has 0 unspecified atom stereocenters. The van der Waals surface area contributed by atoms with Crippen molar-refractivity contribution in [2.24, 2.45) is 0 Å². The van der Waals surface area contributed by atoms with Gasteiger partial charge in [0.05, 0.1) is 4.88 Å². The average Bonchev–Trinajstić information content (AvgIpc) is 2.72. The molecule has 0 saturated heterocycles. The molecule has 0 atom stereocenters. The standard InChI is InChI=1S/C11H10NOS/c13-10(11-5-4-8-14-11)9-12-6-2-1-3-7-12/h1-8H,9H2/q+1. The van der Waals surface area contributed by atoms with Gasteiger partial charge in [-0.25, -0.2) is 0 Å². The summed E-state index contributed by atoms with van der Waals surface area (Å²) in [5.41, 5.74) is 0. The first-order chi connectivity index (χ1) is 6.86. The van der Waals surface area contributed by atoms with Crippen LogP contribution in [0, 0.1) is 0 Å². The predicted octanol–water partition coefficient (Wildman–Crippen LogP) is 1.92. The van der Waals surface area contributed by atoms with Crippen LogP contribution in [0.5, 0.6) is 0 Å². The maximum Gasteiger partial charge on any atom is 0.237 e. The summed E-state index contributed by atoms with van der Waals surface area (Å²) in [6, 6.07) is 9.53. The first kappa shape index (κ1) is 9.09. The third kappa shape index (κ3) is 2.06. The Kier molecular flexibility index (Phi) is 2.70. The van der Waals surface area contributed by atoms with Crippen LogP contribution in [0.4, 0.5) is 0 Å². The molecule has 2 aromatic rings. The number of nitrogens with zero attached hydrogens (tertiary/aromatic N) is 1. The number of ketones is 1. The summed E-state index contributed by atoms with van der Waals surface area (Å²) in [6.07, 6.45) is 3.79. The van der Waals surface area contributed by atoms with Crippen LogP contribution in [-0.2, 0) is 6.54 Å². The summed E-state index contributed by atoms with van der Waals surface area (Å²) in [4.78, 5) is 12.5. The molecule has 3 heteroatoms. The molecular weight excluding hydrogens is 194 g/mol. The van der Waals surface area contributed by atoms with Gasteiger partial charge < -0.3 is 0 Å². The van der Waals surface area contributed by atoms with E-state index in [0.717, 1.165) is 4.88 Å². The van der Waals surface area contributed by atoms with Crippen LogP contribution in [0.3, 0.4) is 0 Å². The Labute approximate surface area is 86.4 Å². The normalized spacial score (nSPS) is 10.0. The van der Waals surface area contributed by atoms with E-state index in [0.29, 0.717) is 6.54 Å². The van der Waals surface area contributed by atoms with Crippen molar-refractivity contribution in [2.75, 3.05) is 0 Å². The number of aromatic nitrogens is 1. The van der Waals surface area contributed by atoms with Crippen molar-refractivity contribution in [1.29, 1.82) is 0 Å². The Balaban J connectivity index is 2.10. The Hall–Kier alpha value is -1.48. The fourth-order valence-corrected chi connectivity index (χ4v) is 1.88. The molecule has 0 N–H and O–H groups in total. The van der Waals surface area contributed by atoms with E-state index >= 15 is 0 Å². The Morgan fingerprint density at radius 3 is 2.64 bits per heavy atom. The van der Waals surface area contributed by atoms with Crippen LogP contribution >= 0.6 is 11.3 Å². The van der Waals surface area contributed by atoms with E-state index in [1.54, 1.807) is 0 Å². The number of carbonyl (C=O) groups is 1. The summed E-state index contributed by atoms with van der Waals surface area (Å²) in [6.45, 7) is 0.418. The number of rotatable bonds is 3. The lowest BCUT2D eigenvalue weighted by Crippen LogP contribution is -2.36. The third-order valence-electron chi connectivity index (χ3n) is 1.90. The minimum atomic E-state index is 0.163. The van der Waals surface area contributed by atoms with Gasteiger partial charge in [-0.1, -0.05) is 12.1 Å². The molecule has 0 bridgehead atoms. The second kappa shape index (κ2) is 4.15. The van der Waals surface area contributed by atoms with E-state index in [9.17, 15) is 4.79 Å². The summed E-state index contributed by atoms with van der Waals surface area (Å²) in [7, 11) is 0. The number of Topliss-reactive ketones (excluding diaryl/α,β-unsaturated/α-hetero) is 1. The summed E-state index contributed by atoms with van der Waals surface area (Å²) in [5.74, 6) is 0.163. The highest BCUT2D eigenvalue weighted by molar-refractivity contribution is 7.12. The number of pyridine rings is 1. The topological polar surface area (TPSA) is 20.9 Å². The Morgan fingerprint density at radius 2 is 2.00 bits per heavy atom. The van der Waals surface area contributed by atoms with Gasteiger partial charge >= 0.3 is 0 Å². The number of thiophene rings is 1. The zero-order valence-corrected chi connectivity index (χ0v) is 8.41. The zero-order chi connectivity index (χ0) is 9.80. The van der Waals surface area contributed by atoms with Crippen LogP contribution in [0.1, 0.15) is 9.67 Å². The molecule has 0 aromatic carbocycles. The molecule has 70 valence electrons. The molecule has 2 nitrogen and oxygen atoms in total. The van der Waals surface area contributed by atoms with E-state index < -0.39 is 0 Å². The molecule has 2 rings (SSSR count). The molecule has 0 aliphatic rings. The molecule has 0 fully saturated rings. The van der Waals surface area contributed by atoms with Gasteiger partial charge in [0.1, 0.15) is 0 Å². The highest BCUT2D eigenvalue weighted by Crippen LogP contribution is 2.08. The lowest BCUT2D eigenvalue weighted by atomic mass is 10.3. The lowest BCUT2D eigenvalue weighted by molar-refractivity contribution is -0.683. The average molecular weight is 204 g/mol. The maximum atomic E-state index is 11.7. The molecule has 0 aliphatic heterocycles. The fourth-order valence-electron chi connectivity index (χ4n) is 1.22. The van der Waals surface area contributed by atoms with E-state index in [1.165, 1.54) is 11.3 Å². The quantitative estimate of drug-likeness (QED) is 0.552. The minimum Gasteiger partial charge on any atom is -0.286 e. The minimum absolute atomic E-state index is 0.163. The first-order valence-electron chi connectivity index (χ1n) is 4.37. The van der Waals surface area contributed by atoms with Gasteiger partial charge in [0, 0.05) is 12.1 Å². The van der Waals surface area contributed by atoms with Crippen LogP contribution in [0.25, 0.3) is 0 Å². The second-order valence-electron chi connectivity index (χ2n) is 2.95. The molecule has 0 radical (unpaired) electrons. The van der Waals surface area contributed by atoms with Crippen molar-refractivity contribution in [1.82, 2.24) is 0 Å². The highest BCUT2D eigenvalue weighted by atomic mass is 32.1. The highest BCUT2D eigenvalue weighted by Gasteiger charge is 2.11. The van der Waals surface area contributed by atoms with Gasteiger partial charge in [-0.2, -0.15) is 4.57 Å².